The largest absolute Gasteiger partial charge is 0.497 e. The molecule has 7 heteroatoms. The van der Waals surface area contributed by atoms with Crippen LogP contribution in [0.4, 0.5) is 0 Å². The minimum Gasteiger partial charge on any atom is -0.497 e. The molecule has 1 heterocycles. The zero-order valence-corrected chi connectivity index (χ0v) is 18.0. The van der Waals surface area contributed by atoms with Crippen LogP contribution >= 0.6 is 0 Å². The van der Waals surface area contributed by atoms with Crippen LogP contribution in [0.1, 0.15) is 28.5 Å². The molecule has 1 saturated heterocycles. The summed E-state index contributed by atoms with van der Waals surface area (Å²) in [6.45, 7) is 0.789. The van der Waals surface area contributed by atoms with Crippen LogP contribution in [-0.4, -0.2) is 43.7 Å². The summed E-state index contributed by atoms with van der Waals surface area (Å²) in [7, 11) is -2.24. The second-order valence-corrected chi connectivity index (χ2v) is 9.18. The number of hydrogen-bond donors (Lipinski definition) is 0. The van der Waals surface area contributed by atoms with Crippen molar-refractivity contribution in [1.29, 1.82) is 0 Å². The van der Waals surface area contributed by atoms with Gasteiger partial charge in [0.15, 0.2) is 0 Å². The lowest BCUT2D eigenvalue weighted by Crippen LogP contribution is -2.52. The molecule has 1 aliphatic heterocycles. The Labute approximate surface area is 182 Å². The molecular weight excluding hydrogens is 412 g/mol. The highest BCUT2D eigenvalue weighted by molar-refractivity contribution is 7.89. The van der Waals surface area contributed by atoms with E-state index in [0.717, 1.165) is 0 Å². The topological polar surface area (TPSA) is 66.9 Å². The van der Waals surface area contributed by atoms with E-state index in [4.69, 9.17) is 4.74 Å². The first-order valence-electron chi connectivity index (χ1n) is 10.1. The molecule has 0 N–H and O–H groups in total. The number of benzene rings is 3. The van der Waals surface area contributed by atoms with Crippen LogP contribution in [0.15, 0.2) is 89.8 Å². The van der Waals surface area contributed by atoms with Crippen molar-refractivity contribution in [3.05, 3.63) is 96.1 Å². The summed E-state index contributed by atoms with van der Waals surface area (Å²) >= 11 is 0. The molecule has 1 fully saturated rings. The molecule has 1 amide bonds. The van der Waals surface area contributed by atoms with Gasteiger partial charge in [0.25, 0.3) is 5.91 Å². The van der Waals surface area contributed by atoms with E-state index in [1.54, 1.807) is 78.7 Å². The minimum absolute atomic E-state index is 0.200. The number of carbonyl (C=O) groups excluding carboxylic acids is 1. The fraction of sp³-hybridized carbons (Fsp3) is 0.208. The van der Waals surface area contributed by atoms with Gasteiger partial charge in [-0.2, -0.15) is 4.31 Å². The molecule has 160 valence electrons. The molecule has 6 nitrogen and oxygen atoms in total. The van der Waals surface area contributed by atoms with Gasteiger partial charge in [-0.15, -0.1) is 0 Å². The zero-order chi connectivity index (χ0) is 21.8. The molecule has 0 spiro atoms. The number of sulfonamides is 1. The molecule has 1 atom stereocenters. The van der Waals surface area contributed by atoms with E-state index in [2.05, 4.69) is 0 Å². The predicted octanol–water partition coefficient (Wildman–Crippen LogP) is 3.93. The van der Waals surface area contributed by atoms with E-state index in [0.29, 0.717) is 36.4 Å². The van der Waals surface area contributed by atoms with Gasteiger partial charge in [-0.25, -0.2) is 8.42 Å². The molecule has 3 aromatic carbocycles. The Morgan fingerprint density at radius 3 is 2.10 bits per heavy atom. The van der Waals surface area contributed by atoms with Gasteiger partial charge in [-0.05, 0) is 48.4 Å². The Bertz CT molecular complexity index is 1130. The van der Waals surface area contributed by atoms with Gasteiger partial charge in [-0.3, -0.25) is 4.79 Å². The zero-order valence-electron chi connectivity index (χ0n) is 17.2. The molecule has 1 aliphatic rings. The van der Waals surface area contributed by atoms with E-state index in [1.807, 2.05) is 18.2 Å². The van der Waals surface area contributed by atoms with Gasteiger partial charge in [0.05, 0.1) is 12.0 Å². The minimum atomic E-state index is -3.82. The third-order valence-electron chi connectivity index (χ3n) is 5.39. The Morgan fingerprint density at radius 1 is 0.871 bits per heavy atom. The Morgan fingerprint density at radius 2 is 1.48 bits per heavy atom. The average Bonchev–Trinajstić information content (AvgIpc) is 2.84. The van der Waals surface area contributed by atoms with Crippen molar-refractivity contribution in [1.82, 2.24) is 9.21 Å². The second kappa shape index (κ2) is 8.91. The first-order chi connectivity index (χ1) is 15.0. The molecule has 3 aromatic rings. The van der Waals surface area contributed by atoms with Crippen molar-refractivity contribution in [2.75, 3.05) is 20.2 Å². The number of ether oxygens (including phenoxy) is 1. The summed E-state index contributed by atoms with van der Waals surface area (Å²) < 4.78 is 33.8. The van der Waals surface area contributed by atoms with Crippen molar-refractivity contribution in [3.63, 3.8) is 0 Å². The lowest BCUT2D eigenvalue weighted by Gasteiger charge is -2.43. The smallest absolute Gasteiger partial charge is 0.255 e. The number of carbonyl (C=O) groups is 1. The molecule has 0 unspecified atom stereocenters. The standard InChI is InChI=1S/C24H24N2O4S/c1-30-21-15-13-19(14-16-21)23-25(24(27)20-9-4-2-5-10-20)17-8-18-26(23)31(28,29)22-11-6-3-7-12-22/h2-7,9-16,23H,8,17-18H2,1H3/t23-/m0/s1. The number of methoxy groups -OCH3 is 1. The van der Waals surface area contributed by atoms with Crippen LogP contribution in [0.5, 0.6) is 5.75 Å². The highest BCUT2D eigenvalue weighted by Crippen LogP contribution is 2.35. The van der Waals surface area contributed by atoms with Gasteiger partial charge in [0.1, 0.15) is 11.9 Å². The van der Waals surface area contributed by atoms with E-state index in [-0.39, 0.29) is 10.8 Å². The Kier molecular flexibility index (Phi) is 6.06. The summed E-state index contributed by atoms with van der Waals surface area (Å²) in [5, 5.41) is 0. The number of amides is 1. The molecule has 4 rings (SSSR count). The summed E-state index contributed by atoms with van der Waals surface area (Å²) in [5.74, 6) is 0.465. The predicted molar refractivity (Wildman–Crippen MR) is 118 cm³/mol. The van der Waals surface area contributed by atoms with Crippen molar-refractivity contribution in [3.8, 4) is 5.75 Å². The normalized spacial score (nSPS) is 17.3. The maximum absolute atomic E-state index is 13.6. The van der Waals surface area contributed by atoms with Crippen molar-refractivity contribution < 1.29 is 17.9 Å². The van der Waals surface area contributed by atoms with E-state index < -0.39 is 16.2 Å². The number of nitrogens with zero attached hydrogens (tertiary/aromatic N) is 2. The molecule has 31 heavy (non-hydrogen) atoms. The van der Waals surface area contributed by atoms with Gasteiger partial charge in [0.2, 0.25) is 10.0 Å². The summed E-state index contributed by atoms with van der Waals surface area (Å²) in [4.78, 5) is 15.2. The van der Waals surface area contributed by atoms with Crippen LogP contribution in [0.25, 0.3) is 0 Å². The van der Waals surface area contributed by atoms with Crippen molar-refractivity contribution in [2.45, 2.75) is 17.5 Å². The average molecular weight is 437 g/mol. The highest BCUT2D eigenvalue weighted by atomic mass is 32.2. The molecule has 0 radical (unpaired) electrons. The molecule has 0 bridgehead atoms. The van der Waals surface area contributed by atoms with Crippen LogP contribution in [0.3, 0.4) is 0 Å². The van der Waals surface area contributed by atoms with Crippen molar-refractivity contribution in [2.24, 2.45) is 0 Å². The summed E-state index contributed by atoms with van der Waals surface area (Å²) in [6.07, 6.45) is -0.199. The van der Waals surface area contributed by atoms with Gasteiger partial charge in [0, 0.05) is 18.7 Å². The van der Waals surface area contributed by atoms with Crippen LogP contribution in [-0.2, 0) is 10.0 Å². The molecular formula is C24H24N2O4S. The van der Waals surface area contributed by atoms with E-state index >= 15 is 0 Å². The highest BCUT2D eigenvalue weighted by Gasteiger charge is 2.41. The van der Waals surface area contributed by atoms with Crippen LogP contribution < -0.4 is 4.74 Å². The van der Waals surface area contributed by atoms with E-state index in [1.165, 1.54) is 4.31 Å². The molecule has 0 aliphatic carbocycles. The van der Waals surface area contributed by atoms with Gasteiger partial charge >= 0.3 is 0 Å². The molecule has 0 saturated carbocycles. The SMILES string of the molecule is COc1ccc([C@H]2N(C(=O)c3ccccc3)CCCN2S(=O)(=O)c2ccccc2)cc1. The molecule has 0 aromatic heterocycles. The van der Waals surface area contributed by atoms with Crippen LogP contribution in [0.2, 0.25) is 0 Å². The lowest BCUT2D eigenvalue weighted by molar-refractivity contribution is 0.0378. The number of rotatable bonds is 5. The monoisotopic (exact) mass is 436 g/mol. The van der Waals surface area contributed by atoms with Gasteiger partial charge < -0.3 is 9.64 Å². The third kappa shape index (κ3) is 4.19. The van der Waals surface area contributed by atoms with Crippen LogP contribution in [0, 0.1) is 0 Å². The summed E-state index contributed by atoms with van der Waals surface area (Å²) in [5.41, 5.74) is 1.24. The maximum Gasteiger partial charge on any atom is 0.255 e. The first-order valence-corrected chi connectivity index (χ1v) is 11.5. The fourth-order valence-corrected chi connectivity index (χ4v) is 5.50. The Balaban J connectivity index is 1.80. The lowest BCUT2D eigenvalue weighted by atomic mass is 10.1. The number of hydrogen-bond acceptors (Lipinski definition) is 4. The quantitative estimate of drug-likeness (QED) is 0.608. The summed E-state index contributed by atoms with van der Waals surface area (Å²) in [6, 6.07) is 24.5. The maximum atomic E-state index is 13.6. The third-order valence-corrected chi connectivity index (χ3v) is 7.26. The second-order valence-electron chi connectivity index (χ2n) is 7.29. The van der Waals surface area contributed by atoms with Crippen molar-refractivity contribution >= 4 is 15.9 Å². The fourth-order valence-electron chi connectivity index (χ4n) is 3.86. The van der Waals surface area contributed by atoms with Gasteiger partial charge in [-0.1, -0.05) is 48.5 Å². The van der Waals surface area contributed by atoms with E-state index in [9.17, 15) is 13.2 Å². The first kappa shape index (κ1) is 21.1. The Hall–Kier alpha value is -3.16.